The first-order chi connectivity index (χ1) is 12.7. The van der Waals surface area contributed by atoms with Crippen LogP contribution >= 0.6 is 0 Å². The third-order valence-corrected chi connectivity index (χ3v) is 4.92. The van der Waals surface area contributed by atoms with Crippen LogP contribution in [0.25, 0.3) is 0 Å². The first kappa shape index (κ1) is 16.7. The molecule has 0 atom stereocenters. The van der Waals surface area contributed by atoms with Crippen LogP contribution in [0.2, 0.25) is 0 Å². The van der Waals surface area contributed by atoms with Gasteiger partial charge in [-0.1, -0.05) is 24.3 Å². The topological polar surface area (TPSA) is 45.3 Å². The number of hydrogen-bond acceptors (Lipinski definition) is 4. The molecule has 0 radical (unpaired) electrons. The first-order valence-electron chi connectivity index (χ1n) is 8.89. The summed E-state index contributed by atoms with van der Waals surface area (Å²) >= 11 is 0. The largest absolute Gasteiger partial charge is 0.454 e. The fourth-order valence-electron chi connectivity index (χ4n) is 3.37. The number of nitrogens with zero attached hydrogens (tertiary/aromatic N) is 3. The summed E-state index contributed by atoms with van der Waals surface area (Å²) in [7, 11) is 1.83. The van der Waals surface area contributed by atoms with Gasteiger partial charge < -0.3 is 14.4 Å². The van der Waals surface area contributed by atoms with E-state index < -0.39 is 0 Å². The highest BCUT2D eigenvalue weighted by molar-refractivity contribution is 5.91. The van der Waals surface area contributed by atoms with Crippen LogP contribution in [0.3, 0.4) is 0 Å². The van der Waals surface area contributed by atoms with Gasteiger partial charge in [0, 0.05) is 45.5 Å². The average molecular weight is 353 g/mol. The number of rotatable bonds is 3. The minimum atomic E-state index is 0.0546. The van der Waals surface area contributed by atoms with Crippen molar-refractivity contribution in [3.8, 4) is 11.5 Å². The van der Waals surface area contributed by atoms with E-state index in [2.05, 4.69) is 11.0 Å². The van der Waals surface area contributed by atoms with Gasteiger partial charge in [0.15, 0.2) is 11.5 Å². The summed E-state index contributed by atoms with van der Waals surface area (Å²) in [6, 6.07) is 15.9. The maximum absolute atomic E-state index is 12.7. The Morgan fingerprint density at radius 1 is 1.00 bits per heavy atom. The zero-order valence-electron chi connectivity index (χ0n) is 14.9. The van der Waals surface area contributed by atoms with E-state index >= 15 is 0 Å². The number of fused-ring (bicyclic) bond motifs is 1. The van der Waals surface area contributed by atoms with Crippen molar-refractivity contribution in [2.75, 3.05) is 44.9 Å². The molecule has 0 aromatic heterocycles. The minimum Gasteiger partial charge on any atom is -0.454 e. The van der Waals surface area contributed by atoms with Crippen LogP contribution in [0, 0.1) is 0 Å². The minimum absolute atomic E-state index is 0.0546. The Morgan fingerprint density at radius 3 is 2.50 bits per heavy atom. The Labute approximate surface area is 153 Å². The molecule has 0 bridgehead atoms. The quantitative estimate of drug-likeness (QED) is 0.851. The highest BCUT2D eigenvalue weighted by Gasteiger charge is 2.24. The van der Waals surface area contributed by atoms with Crippen molar-refractivity contribution in [1.82, 2.24) is 9.80 Å². The second-order valence-electron chi connectivity index (χ2n) is 6.63. The molecular formula is C20H23N3O3. The molecule has 2 aliphatic rings. The van der Waals surface area contributed by atoms with Gasteiger partial charge in [0.05, 0.1) is 0 Å². The zero-order chi connectivity index (χ0) is 17.9. The highest BCUT2D eigenvalue weighted by Crippen LogP contribution is 2.32. The summed E-state index contributed by atoms with van der Waals surface area (Å²) < 4.78 is 10.8. The van der Waals surface area contributed by atoms with E-state index in [4.69, 9.17) is 9.47 Å². The van der Waals surface area contributed by atoms with Crippen molar-refractivity contribution in [1.29, 1.82) is 0 Å². The molecule has 136 valence electrons. The molecule has 2 aliphatic heterocycles. The second-order valence-corrected chi connectivity index (χ2v) is 6.63. The van der Waals surface area contributed by atoms with E-state index in [-0.39, 0.29) is 6.03 Å². The predicted molar refractivity (Wildman–Crippen MR) is 99.7 cm³/mol. The van der Waals surface area contributed by atoms with Crippen LogP contribution in [0.4, 0.5) is 10.5 Å². The highest BCUT2D eigenvalue weighted by atomic mass is 16.7. The third kappa shape index (κ3) is 3.46. The Hall–Kier alpha value is -2.73. The van der Waals surface area contributed by atoms with E-state index in [0.717, 1.165) is 49.9 Å². The maximum Gasteiger partial charge on any atom is 0.324 e. The van der Waals surface area contributed by atoms with Gasteiger partial charge in [-0.15, -0.1) is 0 Å². The first-order valence-corrected chi connectivity index (χ1v) is 8.89. The van der Waals surface area contributed by atoms with E-state index in [1.807, 2.05) is 54.4 Å². The lowest BCUT2D eigenvalue weighted by atomic mass is 10.1. The van der Waals surface area contributed by atoms with E-state index in [9.17, 15) is 4.79 Å². The number of para-hydroxylation sites is 1. The molecule has 26 heavy (non-hydrogen) atoms. The van der Waals surface area contributed by atoms with E-state index in [0.29, 0.717) is 6.79 Å². The molecule has 0 spiro atoms. The van der Waals surface area contributed by atoms with E-state index in [1.165, 1.54) is 5.56 Å². The molecule has 4 rings (SSSR count). The summed E-state index contributed by atoms with van der Waals surface area (Å²) in [6.45, 7) is 4.36. The van der Waals surface area contributed by atoms with Crippen LogP contribution in [0.5, 0.6) is 11.5 Å². The Balaban J connectivity index is 1.32. The van der Waals surface area contributed by atoms with Gasteiger partial charge in [-0.05, 0) is 29.8 Å². The van der Waals surface area contributed by atoms with Crippen molar-refractivity contribution in [2.24, 2.45) is 0 Å². The SMILES string of the molecule is CN(C(=O)N1CCN(Cc2ccc3c(c2)OCO3)CC1)c1ccccc1. The second kappa shape index (κ2) is 7.25. The van der Waals surface area contributed by atoms with Crippen LogP contribution in [0.15, 0.2) is 48.5 Å². The summed E-state index contributed by atoms with van der Waals surface area (Å²) in [5.41, 5.74) is 2.12. The van der Waals surface area contributed by atoms with Gasteiger partial charge >= 0.3 is 6.03 Å². The monoisotopic (exact) mass is 353 g/mol. The van der Waals surface area contributed by atoms with Gasteiger partial charge in [0.2, 0.25) is 6.79 Å². The molecule has 2 aromatic rings. The molecule has 0 N–H and O–H groups in total. The Kier molecular flexibility index (Phi) is 4.67. The maximum atomic E-state index is 12.7. The Bertz CT molecular complexity index is 773. The van der Waals surface area contributed by atoms with Gasteiger partial charge in [-0.25, -0.2) is 4.79 Å². The Morgan fingerprint density at radius 2 is 1.73 bits per heavy atom. The number of urea groups is 1. The molecule has 6 nitrogen and oxygen atoms in total. The number of carbonyl (C=O) groups is 1. The number of hydrogen-bond donors (Lipinski definition) is 0. The number of piperazine rings is 1. The van der Waals surface area contributed by atoms with Crippen molar-refractivity contribution in [2.45, 2.75) is 6.54 Å². The fourth-order valence-corrected chi connectivity index (χ4v) is 3.37. The summed E-state index contributed by atoms with van der Waals surface area (Å²) in [6.07, 6.45) is 0. The molecule has 0 unspecified atom stereocenters. The van der Waals surface area contributed by atoms with Crippen LogP contribution in [-0.2, 0) is 6.54 Å². The summed E-state index contributed by atoms with van der Waals surface area (Å²) in [5.74, 6) is 1.63. The number of anilines is 1. The molecule has 0 saturated carbocycles. The number of benzene rings is 2. The normalized spacial score (nSPS) is 16.6. The number of carbonyl (C=O) groups excluding carboxylic acids is 1. The lowest BCUT2D eigenvalue weighted by Gasteiger charge is -2.36. The summed E-state index contributed by atoms with van der Waals surface area (Å²) in [4.78, 5) is 18.7. The lowest BCUT2D eigenvalue weighted by Crippen LogP contribution is -2.51. The molecule has 2 heterocycles. The van der Waals surface area contributed by atoms with E-state index in [1.54, 1.807) is 4.90 Å². The van der Waals surface area contributed by atoms with Crippen molar-refractivity contribution in [3.63, 3.8) is 0 Å². The predicted octanol–water partition coefficient (Wildman–Crippen LogP) is 2.79. The van der Waals surface area contributed by atoms with Gasteiger partial charge in [-0.3, -0.25) is 9.80 Å². The lowest BCUT2D eigenvalue weighted by molar-refractivity contribution is 0.139. The fraction of sp³-hybridized carbons (Fsp3) is 0.350. The van der Waals surface area contributed by atoms with Crippen molar-refractivity contribution >= 4 is 11.7 Å². The molecule has 6 heteroatoms. The molecular weight excluding hydrogens is 330 g/mol. The van der Waals surface area contributed by atoms with Crippen molar-refractivity contribution in [3.05, 3.63) is 54.1 Å². The zero-order valence-corrected chi connectivity index (χ0v) is 14.9. The summed E-state index contributed by atoms with van der Waals surface area (Å²) in [5, 5.41) is 0. The average Bonchev–Trinajstić information content (AvgIpc) is 3.16. The van der Waals surface area contributed by atoms with Gasteiger partial charge in [-0.2, -0.15) is 0 Å². The third-order valence-electron chi connectivity index (χ3n) is 4.92. The number of amides is 2. The molecule has 2 amide bonds. The van der Waals surface area contributed by atoms with Gasteiger partial charge in [0.1, 0.15) is 0 Å². The number of ether oxygens (including phenoxy) is 2. The smallest absolute Gasteiger partial charge is 0.324 e. The van der Waals surface area contributed by atoms with Crippen molar-refractivity contribution < 1.29 is 14.3 Å². The molecule has 1 saturated heterocycles. The standard InChI is InChI=1S/C20H23N3O3/c1-21(17-5-3-2-4-6-17)20(24)23-11-9-22(10-12-23)14-16-7-8-18-19(13-16)26-15-25-18/h2-8,13H,9-12,14-15H2,1H3. The van der Waals surface area contributed by atoms with Crippen LogP contribution in [0.1, 0.15) is 5.56 Å². The van der Waals surface area contributed by atoms with Gasteiger partial charge in [0.25, 0.3) is 0 Å². The molecule has 2 aromatic carbocycles. The molecule has 1 fully saturated rings. The van der Waals surface area contributed by atoms with Crippen LogP contribution < -0.4 is 14.4 Å². The molecule has 0 aliphatic carbocycles. The van der Waals surface area contributed by atoms with Crippen LogP contribution in [-0.4, -0.2) is 55.9 Å².